The van der Waals surface area contributed by atoms with Crippen molar-refractivity contribution in [2.75, 3.05) is 12.0 Å². The molecule has 4 aromatic rings. The lowest BCUT2D eigenvalue weighted by Gasteiger charge is -2.15. The van der Waals surface area contributed by atoms with E-state index in [0.717, 1.165) is 38.2 Å². The van der Waals surface area contributed by atoms with E-state index in [-0.39, 0.29) is 0 Å². The molecule has 0 unspecified atom stereocenters. The number of nitrogens with zero attached hydrogens (tertiary/aromatic N) is 3. The van der Waals surface area contributed by atoms with Crippen molar-refractivity contribution < 1.29 is 4.74 Å². The molecule has 6 heteroatoms. The summed E-state index contributed by atoms with van der Waals surface area (Å²) in [4.78, 5) is 9.73. The molecule has 0 fully saturated rings. The zero-order valence-electron chi connectivity index (χ0n) is 14.9. The normalized spacial score (nSPS) is 13.2. The van der Waals surface area contributed by atoms with Crippen LogP contribution in [0.2, 0.25) is 0 Å². The maximum atomic E-state index is 5.76. The van der Waals surface area contributed by atoms with Crippen molar-refractivity contribution in [3.05, 3.63) is 77.4 Å². The summed E-state index contributed by atoms with van der Waals surface area (Å²) in [5, 5.41) is 7.48. The third-order valence-corrected chi connectivity index (χ3v) is 5.40. The van der Waals surface area contributed by atoms with Gasteiger partial charge in [-0.25, -0.2) is 9.97 Å². The number of aromatic nitrogens is 2. The lowest BCUT2D eigenvalue weighted by atomic mass is 10.1. The number of benzene rings is 2. The van der Waals surface area contributed by atoms with Gasteiger partial charge in [-0.3, -0.25) is 5.43 Å². The number of nitrogens with one attached hydrogen (secondary N) is 1. The predicted molar refractivity (Wildman–Crippen MR) is 115 cm³/mol. The molecular weight excluding hydrogens is 368 g/mol. The first-order chi connectivity index (χ1) is 13.9. The molecule has 2 aromatic heterocycles. The van der Waals surface area contributed by atoms with Crippen LogP contribution in [0.15, 0.2) is 77.0 Å². The minimum Gasteiger partial charge on any atom is -0.488 e. The fraction of sp³-hybridized carbons (Fsp3) is 0.0455. The lowest BCUT2D eigenvalue weighted by molar-refractivity contribution is 0.353. The second-order valence-corrected chi connectivity index (χ2v) is 7.19. The second kappa shape index (κ2) is 7.25. The third kappa shape index (κ3) is 3.14. The van der Waals surface area contributed by atoms with Gasteiger partial charge in [0, 0.05) is 22.1 Å². The van der Waals surface area contributed by atoms with Crippen LogP contribution in [0, 0.1) is 0 Å². The molecule has 0 saturated carbocycles. The van der Waals surface area contributed by atoms with Crippen LogP contribution in [0.25, 0.3) is 27.4 Å². The van der Waals surface area contributed by atoms with Crippen LogP contribution < -0.4 is 10.2 Å². The average Bonchev–Trinajstić information content (AvgIpc) is 3.19. The Hall–Kier alpha value is -3.51. The van der Waals surface area contributed by atoms with Crippen LogP contribution in [-0.2, 0) is 0 Å². The van der Waals surface area contributed by atoms with Gasteiger partial charge in [0.05, 0.1) is 11.6 Å². The summed E-state index contributed by atoms with van der Waals surface area (Å²) < 4.78 is 5.76. The number of fused-ring (bicyclic) bond motifs is 2. The standard InChI is InChI=1S/C22H16N4OS/c1-2-6-16(7-3-1)18-13-28-22-20(18)21(23-14-24-22)26-25-11-15-10-17-8-4-5-9-19(17)27-12-15/h1-11,13-14H,12H2,(H,23,24,26)/b25-11+. The van der Waals surface area contributed by atoms with Crippen molar-refractivity contribution in [3.63, 3.8) is 0 Å². The first-order valence-corrected chi connectivity index (χ1v) is 9.75. The molecule has 0 radical (unpaired) electrons. The molecule has 5 nitrogen and oxygen atoms in total. The monoisotopic (exact) mass is 384 g/mol. The molecule has 2 aromatic carbocycles. The Morgan fingerprint density at radius 3 is 2.82 bits per heavy atom. The summed E-state index contributed by atoms with van der Waals surface area (Å²) in [5.74, 6) is 1.59. The van der Waals surface area contributed by atoms with Crippen molar-refractivity contribution in [1.29, 1.82) is 0 Å². The molecule has 0 amide bonds. The number of anilines is 1. The minimum atomic E-state index is 0.495. The number of para-hydroxylation sites is 1. The Balaban J connectivity index is 1.44. The molecule has 3 heterocycles. The molecular formula is C22H16N4OS. The Kier molecular flexibility index (Phi) is 4.31. The number of hydrogen-bond donors (Lipinski definition) is 1. The van der Waals surface area contributed by atoms with E-state index in [4.69, 9.17) is 4.74 Å². The molecule has 0 saturated heterocycles. The summed E-state index contributed by atoms with van der Waals surface area (Å²) >= 11 is 1.60. The van der Waals surface area contributed by atoms with Gasteiger partial charge in [-0.1, -0.05) is 48.5 Å². The van der Waals surface area contributed by atoms with Gasteiger partial charge in [-0.05, 0) is 17.7 Å². The van der Waals surface area contributed by atoms with Crippen molar-refractivity contribution in [2.24, 2.45) is 5.10 Å². The number of ether oxygens (including phenoxy) is 1. The van der Waals surface area contributed by atoms with Gasteiger partial charge in [0.2, 0.25) is 0 Å². The maximum Gasteiger partial charge on any atom is 0.159 e. The van der Waals surface area contributed by atoms with Gasteiger partial charge in [-0.2, -0.15) is 5.10 Å². The highest BCUT2D eigenvalue weighted by Gasteiger charge is 2.13. The number of thiophene rings is 1. The highest BCUT2D eigenvalue weighted by atomic mass is 32.1. The number of rotatable bonds is 4. The molecule has 1 N–H and O–H groups in total. The van der Waals surface area contributed by atoms with Gasteiger partial charge >= 0.3 is 0 Å². The van der Waals surface area contributed by atoms with Gasteiger partial charge < -0.3 is 4.74 Å². The highest BCUT2D eigenvalue weighted by molar-refractivity contribution is 7.17. The zero-order valence-corrected chi connectivity index (χ0v) is 15.7. The Bertz CT molecular complexity index is 1200. The molecule has 5 rings (SSSR count). The SMILES string of the molecule is C1=C(/C=N/Nc2ncnc3scc(-c4ccccc4)c23)COc2ccccc21. The van der Waals surface area contributed by atoms with E-state index in [1.807, 2.05) is 42.5 Å². The van der Waals surface area contributed by atoms with Crippen molar-refractivity contribution in [3.8, 4) is 16.9 Å². The summed E-state index contributed by atoms with van der Waals surface area (Å²) in [7, 11) is 0. The van der Waals surface area contributed by atoms with Crippen LogP contribution in [-0.4, -0.2) is 22.8 Å². The van der Waals surface area contributed by atoms with Crippen LogP contribution in [0.1, 0.15) is 5.56 Å². The summed E-state index contributed by atoms with van der Waals surface area (Å²) in [6.07, 6.45) is 5.42. The Labute approximate surface area is 166 Å². The fourth-order valence-electron chi connectivity index (χ4n) is 3.17. The van der Waals surface area contributed by atoms with Crippen molar-refractivity contribution in [2.45, 2.75) is 0 Å². The fourth-order valence-corrected chi connectivity index (χ4v) is 4.09. The maximum absolute atomic E-state index is 5.76. The van der Waals surface area contributed by atoms with E-state index in [1.54, 1.807) is 23.9 Å². The average molecular weight is 384 g/mol. The van der Waals surface area contributed by atoms with Gasteiger partial charge in [0.1, 0.15) is 23.5 Å². The largest absolute Gasteiger partial charge is 0.488 e. The molecule has 28 heavy (non-hydrogen) atoms. The first kappa shape index (κ1) is 16.6. The molecule has 0 bridgehead atoms. The summed E-state index contributed by atoms with van der Waals surface area (Å²) in [5.41, 5.74) is 7.37. The second-order valence-electron chi connectivity index (χ2n) is 6.33. The smallest absolute Gasteiger partial charge is 0.159 e. The quantitative estimate of drug-likeness (QED) is 0.386. The van der Waals surface area contributed by atoms with E-state index in [9.17, 15) is 0 Å². The first-order valence-electron chi connectivity index (χ1n) is 8.87. The summed E-state index contributed by atoms with van der Waals surface area (Å²) in [6, 6.07) is 18.2. The molecule has 1 aliphatic heterocycles. The topological polar surface area (TPSA) is 59.4 Å². The third-order valence-electron chi connectivity index (χ3n) is 4.51. The molecule has 136 valence electrons. The van der Waals surface area contributed by atoms with Crippen LogP contribution >= 0.6 is 11.3 Å². The number of hydrogen-bond acceptors (Lipinski definition) is 6. The van der Waals surface area contributed by atoms with E-state index in [0.29, 0.717) is 12.4 Å². The van der Waals surface area contributed by atoms with E-state index in [2.05, 4.69) is 44.1 Å². The van der Waals surface area contributed by atoms with Crippen LogP contribution in [0.5, 0.6) is 5.75 Å². The van der Waals surface area contributed by atoms with Gasteiger partial charge in [0.15, 0.2) is 5.82 Å². The summed E-state index contributed by atoms with van der Waals surface area (Å²) in [6.45, 7) is 0.495. The predicted octanol–water partition coefficient (Wildman–Crippen LogP) is 5.23. The molecule has 1 aliphatic rings. The van der Waals surface area contributed by atoms with Crippen molar-refractivity contribution >= 4 is 39.7 Å². The van der Waals surface area contributed by atoms with E-state index in [1.165, 1.54) is 0 Å². The van der Waals surface area contributed by atoms with E-state index < -0.39 is 0 Å². The van der Waals surface area contributed by atoms with Gasteiger partial charge in [-0.15, -0.1) is 11.3 Å². The molecule has 0 aliphatic carbocycles. The van der Waals surface area contributed by atoms with Crippen LogP contribution in [0.3, 0.4) is 0 Å². The minimum absolute atomic E-state index is 0.495. The Morgan fingerprint density at radius 2 is 1.89 bits per heavy atom. The van der Waals surface area contributed by atoms with E-state index >= 15 is 0 Å². The molecule has 0 spiro atoms. The van der Waals surface area contributed by atoms with Crippen molar-refractivity contribution in [1.82, 2.24) is 9.97 Å². The lowest BCUT2D eigenvalue weighted by Crippen LogP contribution is -2.08. The highest BCUT2D eigenvalue weighted by Crippen LogP contribution is 2.36. The molecule has 0 atom stereocenters. The number of hydrazone groups is 1. The Morgan fingerprint density at radius 1 is 1.04 bits per heavy atom. The van der Waals surface area contributed by atoms with Gasteiger partial charge in [0.25, 0.3) is 0 Å². The van der Waals surface area contributed by atoms with Crippen LogP contribution in [0.4, 0.5) is 5.82 Å². The zero-order chi connectivity index (χ0) is 18.8.